The standard InChI is InChI=1S/C32H34Br2N2O5/c1-6-35-23-13-31(2,3)15-25(37)28(23)27(29-24(35)14-32(4,5)16-26(29)38)21-11-19(33)12-22(34)30(21)41-17-18-7-9-20(10-8-18)36(39)40/h7-12,27H,6,13-17H2,1-5H3. The Morgan fingerprint density at radius 2 is 1.46 bits per heavy atom. The van der Waals surface area contributed by atoms with Crippen molar-refractivity contribution in [3.8, 4) is 5.75 Å². The second kappa shape index (κ2) is 10.8. The van der Waals surface area contributed by atoms with Crippen LogP contribution in [0.2, 0.25) is 0 Å². The van der Waals surface area contributed by atoms with Gasteiger partial charge in [0, 0.05) is 70.0 Å². The van der Waals surface area contributed by atoms with E-state index in [1.807, 2.05) is 12.1 Å². The summed E-state index contributed by atoms with van der Waals surface area (Å²) in [6, 6.07) is 10.1. The molecule has 0 N–H and O–H groups in total. The summed E-state index contributed by atoms with van der Waals surface area (Å²) in [5.41, 5.74) is 4.58. The molecular weight excluding hydrogens is 652 g/mol. The second-order valence-corrected chi connectivity index (χ2v) is 14.6. The van der Waals surface area contributed by atoms with Crippen LogP contribution in [-0.2, 0) is 16.2 Å². The minimum atomic E-state index is -0.546. The molecule has 3 aliphatic rings. The van der Waals surface area contributed by atoms with Crippen LogP contribution in [0.3, 0.4) is 0 Å². The molecule has 0 radical (unpaired) electrons. The number of ether oxygens (including phenoxy) is 1. The van der Waals surface area contributed by atoms with Crippen LogP contribution in [0.1, 0.15) is 77.3 Å². The highest BCUT2D eigenvalue weighted by molar-refractivity contribution is 9.11. The zero-order valence-electron chi connectivity index (χ0n) is 24.0. The number of carbonyl (C=O) groups is 2. The first-order valence-corrected chi connectivity index (χ1v) is 15.4. The monoisotopic (exact) mass is 684 g/mol. The number of allylic oxidation sites excluding steroid dienone is 4. The molecule has 0 fully saturated rings. The van der Waals surface area contributed by atoms with Crippen molar-refractivity contribution in [3.05, 3.63) is 89.1 Å². The highest BCUT2D eigenvalue weighted by Crippen LogP contribution is 2.56. The SMILES string of the molecule is CCN1C2=C(C(=O)CC(C)(C)C2)C(c2cc(Br)cc(Br)c2OCc2ccc([N+](=O)[O-])cc2)C2=C1CC(C)(C)CC2=O. The molecule has 1 heterocycles. The van der Waals surface area contributed by atoms with Gasteiger partial charge in [0.15, 0.2) is 11.6 Å². The molecule has 5 rings (SSSR count). The average Bonchev–Trinajstić information content (AvgIpc) is 2.85. The lowest BCUT2D eigenvalue weighted by molar-refractivity contribution is -0.384. The van der Waals surface area contributed by atoms with E-state index in [-0.39, 0.29) is 34.7 Å². The third-order valence-corrected chi connectivity index (χ3v) is 9.26. The molecule has 2 aromatic carbocycles. The number of benzene rings is 2. The molecule has 2 aliphatic carbocycles. The number of carbonyl (C=O) groups excluding carboxylic acids is 2. The van der Waals surface area contributed by atoms with Crippen molar-refractivity contribution in [1.82, 2.24) is 4.90 Å². The third kappa shape index (κ3) is 5.67. The number of Topliss-reactive ketones (excluding diaryl/α,β-unsaturated/α-hetero) is 2. The van der Waals surface area contributed by atoms with E-state index in [1.54, 1.807) is 12.1 Å². The van der Waals surface area contributed by atoms with E-state index < -0.39 is 10.8 Å². The molecule has 7 nitrogen and oxygen atoms in total. The molecule has 0 unspecified atom stereocenters. The molecular formula is C32H34Br2N2O5. The summed E-state index contributed by atoms with van der Waals surface area (Å²) in [6.45, 7) is 11.5. The van der Waals surface area contributed by atoms with Crippen molar-refractivity contribution in [1.29, 1.82) is 0 Å². The number of hydrogen-bond donors (Lipinski definition) is 0. The van der Waals surface area contributed by atoms with E-state index in [0.717, 1.165) is 39.8 Å². The van der Waals surface area contributed by atoms with Gasteiger partial charge in [-0.15, -0.1) is 0 Å². The van der Waals surface area contributed by atoms with E-state index >= 15 is 0 Å². The van der Waals surface area contributed by atoms with Crippen LogP contribution in [0.4, 0.5) is 5.69 Å². The van der Waals surface area contributed by atoms with Gasteiger partial charge in [-0.25, -0.2) is 0 Å². The van der Waals surface area contributed by atoms with Crippen LogP contribution in [0.25, 0.3) is 0 Å². The Bertz CT molecular complexity index is 1470. The second-order valence-electron chi connectivity index (χ2n) is 12.8. The van der Waals surface area contributed by atoms with Gasteiger partial charge in [-0.2, -0.15) is 0 Å². The van der Waals surface area contributed by atoms with Gasteiger partial charge in [0.1, 0.15) is 12.4 Å². The number of ketones is 2. The Morgan fingerprint density at radius 3 is 1.95 bits per heavy atom. The molecule has 0 aromatic heterocycles. The summed E-state index contributed by atoms with van der Waals surface area (Å²) < 4.78 is 7.90. The predicted octanol–water partition coefficient (Wildman–Crippen LogP) is 8.40. The molecule has 0 spiro atoms. The average molecular weight is 686 g/mol. The van der Waals surface area contributed by atoms with E-state index in [4.69, 9.17) is 4.74 Å². The van der Waals surface area contributed by atoms with Gasteiger partial charge in [0.25, 0.3) is 5.69 Å². The van der Waals surface area contributed by atoms with Gasteiger partial charge >= 0.3 is 0 Å². The largest absolute Gasteiger partial charge is 0.487 e. The maximum Gasteiger partial charge on any atom is 0.269 e. The first-order valence-electron chi connectivity index (χ1n) is 13.9. The predicted molar refractivity (Wildman–Crippen MR) is 164 cm³/mol. The fourth-order valence-electron chi connectivity index (χ4n) is 6.56. The molecule has 41 heavy (non-hydrogen) atoms. The molecule has 216 valence electrons. The molecule has 9 heteroatoms. The van der Waals surface area contributed by atoms with Crippen LogP contribution >= 0.6 is 31.9 Å². The lowest BCUT2D eigenvalue weighted by atomic mass is 9.63. The Labute approximate surface area is 257 Å². The van der Waals surface area contributed by atoms with Crippen molar-refractivity contribution < 1.29 is 19.2 Å². The number of hydrogen-bond acceptors (Lipinski definition) is 6. The Hall–Kier alpha value is -2.78. The number of nitro groups is 1. The highest BCUT2D eigenvalue weighted by Gasteiger charge is 2.49. The number of nitro benzene ring substituents is 1. The topological polar surface area (TPSA) is 89.8 Å². The molecule has 0 saturated heterocycles. The number of nitrogens with zero attached hydrogens (tertiary/aromatic N) is 2. The van der Waals surface area contributed by atoms with Gasteiger partial charge in [-0.05, 0) is 76.4 Å². The fraction of sp³-hybridized carbons (Fsp3) is 0.438. The lowest BCUT2D eigenvalue weighted by Gasteiger charge is -2.49. The van der Waals surface area contributed by atoms with Gasteiger partial charge < -0.3 is 9.64 Å². The van der Waals surface area contributed by atoms with Crippen LogP contribution in [0, 0.1) is 20.9 Å². The third-order valence-electron chi connectivity index (χ3n) is 8.22. The Balaban J connectivity index is 1.68. The highest BCUT2D eigenvalue weighted by atomic mass is 79.9. The summed E-state index contributed by atoms with van der Waals surface area (Å²) in [5, 5.41) is 11.1. The molecule has 2 aromatic rings. The molecule has 0 atom stereocenters. The van der Waals surface area contributed by atoms with Crippen LogP contribution in [0.15, 0.2) is 67.9 Å². The maximum atomic E-state index is 14.0. The van der Waals surface area contributed by atoms with Crippen molar-refractivity contribution in [2.45, 2.75) is 72.8 Å². The van der Waals surface area contributed by atoms with Crippen molar-refractivity contribution >= 4 is 49.1 Å². The lowest BCUT2D eigenvalue weighted by Crippen LogP contribution is -2.44. The minimum Gasteiger partial charge on any atom is -0.487 e. The first kappa shape index (κ1) is 29.7. The van der Waals surface area contributed by atoms with Gasteiger partial charge in [0.2, 0.25) is 0 Å². The summed E-state index contributed by atoms with van der Waals surface area (Å²) in [4.78, 5) is 40.9. The first-order chi connectivity index (χ1) is 19.2. The van der Waals surface area contributed by atoms with Crippen molar-refractivity contribution in [3.63, 3.8) is 0 Å². The smallest absolute Gasteiger partial charge is 0.269 e. The maximum absolute atomic E-state index is 14.0. The molecule has 1 aliphatic heterocycles. The van der Waals surface area contributed by atoms with Gasteiger partial charge in [0.05, 0.1) is 9.40 Å². The molecule has 0 amide bonds. The Kier molecular flexibility index (Phi) is 7.83. The fourth-order valence-corrected chi connectivity index (χ4v) is 7.93. The number of halogens is 2. The summed E-state index contributed by atoms with van der Waals surface area (Å²) >= 11 is 7.32. The van der Waals surface area contributed by atoms with E-state index in [9.17, 15) is 19.7 Å². The van der Waals surface area contributed by atoms with Crippen LogP contribution in [-0.4, -0.2) is 27.9 Å². The molecule has 0 saturated carbocycles. The van der Waals surface area contributed by atoms with Crippen molar-refractivity contribution in [2.75, 3.05) is 6.54 Å². The van der Waals surface area contributed by atoms with Gasteiger partial charge in [-0.3, -0.25) is 19.7 Å². The number of rotatable bonds is 6. The van der Waals surface area contributed by atoms with E-state index in [0.29, 0.717) is 40.8 Å². The number of non-ortho nitro benzene ring substituents is 1. The quantitative estimate of drug-likeness (QED) is 0.224. The van der Waals surface area contributed by atoms with Crippen LogP contribution in [0.5, 0.6) is 5.75 Å². The van der Waals surface area contributed by atoms with Gasteiger partial charge in [-0.1, -0.05) is 43.6 Å². The summed E-state index contributed by atoms with van der Waals surface area (Å²) in [6.07, 6.45) is 2.32. The van der Waals surface area contributed by atoms with E-state index in [2.05, 4.69) is 71.4 Å². The molecule has 0 bridgehead atoms. The van der Waals surface area contributed by atoms with E-state index in [1.165, 1.54) is 12.1 Å². The summed E-state index contributed by atoms with van der Waals surface area (Å²) in [7, 11) is 0. The Morgan fingerprint density at radius 1 is 0.927 bits per heavy atom. The van der Waals surface area contributed by atoms with Crippen LogP contribution < -0.4 is 4.74 Å². The summed E-state index contributed by atoms with van der Waals surface area (Å²) in [5.74, 6) is 0.147. The van der Waals surface area contributed by atoms with Crippen molar-refractivity contribution in [2.24, 2.45) is 10.8 Å². The zero-order chi connectivity index (χ0) is 29.9. The minimum absolute atomic E-state index is 0.0124. The normalized spacial score (nSPS) is 20.2. The zero-order valence-corrected chi connectivity index (χ0v) is 27.1.